The Balaban J connectivity index is 1.28. The van der Waals surface area contributed by atoms with Gasteiger partial charge in [0, 0.05) is 6.42 Å². The summed E-state index contributed by atoms with van der Waals surface area (Å²) in [5.41, 5.74) is 3.35. The number of allylic oxidation sites excluding steroid dienone is 4. The molecule has 188 valence electrons. The summed E-state index contributed by atoms with van der Waals surface area (Å²) in [5.74, 6) is 0.570. The van der Waals surface area contributed by atoms with Gasteiger partial charge < -0.3 is 0 Å². The van der Waals surface area contributed by atoms with E-state index in [4.69, 9.17) is 0 Å². The number of alkyl halides is 1. The highest BCUT2D eigenvalue weighted by atomic mass is 19.2. The van der Waals surface area contributed by atoms with Crippen molar-refractivity contribution >= 4 is 0 Å². The van der Waals surface area contributed by atoms with E-state index in [0.717, 1.165) is 82.1 Å². The van der Waals surface area contributed by atoms with Gasteiger partial charge in [0.2, 0.25) is 0 Å². The third-order valence-corrected chi connectivity index (χ3v) is 9.08. The maximum atomic E-state index is 14.9. The van der Waals surface area contributed by atoms with Gasteiger partial charge in [-0.2, -0.15) is 0 Å². The molecule has 1 unspecified atom stereocenters. The number of halogens is 3. The van der Waals surface area contributed by atoms with Crippen molar-refractivity contribution in [1.29, 1.82) is 0 Å². The maximum absolute atomic E-state index is 14.9. The zero-order chi connectivity index (χ0) is 24.1. The largest absolute Gasteiger partial charge is 0.242 e. The minimum atomic E-state index is -0.819. The second kappa shape index (κ2) is 12.0. The summed E-state index contributed by atoms with van der Waals surface area (Å²) >= 11 is 0. The normalized spacial score (nSPS) is 30.1. The van der Waals surface area contributed by atoms with Crippen molar-refractivity contribution in [2.24, 2.45) is 17.8 Å². The molecule has 2 saturated carbocycles. The molecule has 0 spiro atoms. The van der Waals surface area contributed by atoms with Crippen LogP contribution in [0.5, 0.6) is 0 Å². The van der Waals surface area contributed by atoms with Crippen molar-refractivity contribution in [3.05, 3.63) is 58.2 Å². The van der Waals surface area contributed by atoms with Crippen LogP contribution in [-0.4, -0.2) is 6.17 Å². The van der Waals surface area contributed by atoms with Crippen molar-refractivity contribution in [3.8, 4) is 0 Å². The minimum Gasteiger partial charge on any atom is -0.242 e. The van der Waals surface area contributed by atoms with Crippen molar-refractivity contribution in [3.63, 3.8) is 0 Å². The quantitative estimate of drug-likeness (QED) is 0.353. The van der Waals surface area contributed by atoms with E-state index >= 15 is 0 Å². The fraction of sp³-hybridized carbons (Fsp3) is 0.677. The van der Waals surface area contributed by atoms with E-state index in [-0.39, 0.29) is 5.92 Å². The molecule has 0 radical (unpaired) electrons. The Morgan fingerprint density at radius 3 is 2.09 bits per heavy atom. The smallest absolute Gasteiger partial charge is 0.162 e. The van der Waals surface area contributed by atoms with Crippen LogP contribution in [0.25, 0.3) is 0 Å². The lowest BCUT2D eigenvalue weighted by Gasteiger charge is -2.33. The minimum absolute atomic E-state index is 0.169. The van der Waals surface area contributed by atoms with Crippen LogP contribution in [0.3, 0.4) is 0 Å². The first-order valence-corrected chi connectivity index (χ1v) is 14.0. The molecule has 0 N–H and O–H groups in total. The lowest BCUT2D eigenvalue weighted by atomic mass is 9.74. The SMILES string of the molecule is CCCC1=CC=C(C2CCC(CCc3ccc(C4CCC(CC)CC4)c(F)c3F)CC2)C(F)C1. The monoisotopic (exact) mass is 472 g/mol. The van der Waals surface area contributed by atoms with E-state index < -0.39 is 17.8 Å². The molecule has 3 aliphatic rings. The molecule has 0 amide bonds. The molecule has 3 aliphatic carbocycles. The molecule has 1 atom stereocenters. The third kappa shape index (κ3) is 6.00. The molecular weight excluding hydrogens is 429 g/mol. The summed E-state index contributed by atoms with van der Waals surface area (Å²) < 4.78 is 44.6. The van der Waals surface area contributed by atoms with Crippen LogP contribution in [0.4, 0.5) is 13.2 Å². The molecule has 0 heterocycles. The number of benzene rings is 1. The van der Waals surface area contributed by atoms with Crippen molar-refractivity contribution in [1.82, 2.24) is 0 Å². The van der Waals surface area contributed by atoms with Crippen LogP contribution in [0.1, 0.15) is 114 Å². The van der Waals surface area contributed by atoms with Gasteiger partial charge in [-0.05, 0) is 111 Å². The fourth-order valence-electron chi connectivity index (χ4n) is 6.77. The van der Waals surface area contributed by atoms with E-state index in [0.29, 0.717) is 35.8 Å². The van der Waals surface area contributed by atoms with E-state index in [1.54, 1.807) is 0 Å². The van der Waals surface area contributed by atoms with Gasteiger partial charge in [0.25, 0.3) is 0 Å². The number of hydrogen-bond acceptors (Lipinski definition) is 0. The average Bonchev–Trinajstić information content (AvgIpc) is 2.86. The molecule has 1 aromatic carbocycles. The highest BCUT2D eigenvalue weighted by molar-refractivity contribution is 5.31. The molecule has 0 saturated heterocycles. The molecule has 3 heteroatoms. The molecule has 0 aliphatic heterocycles. The first kappa shape index (κ1) is 25.6. The third-order valence-electron chi connectivity index (χ3n) is 9.08. The van der Waals surface area contributed by atoms with Gasteiger partial charge in [-0.15, -0.1) is 0 Å². The van der Waals surface area contributed by atoms with E-state index in [1.807, 2.05) is 12.1 Å². The zero-order valence-electron chi connectivity index (χ0n) is 21.2. The van der Waals surface area contributed by atoms with Crippen LogP contribution >= 0.6 is 0 Å². The summed E-state index contributed by atoms with van der Waals surface area (Å²) in [5, 5.41) is 0. The molecule has 0 aromatic heterocycles. The predicted molar refractivity (Wildman–Crippen MR) is 136 cm³/mol. The topological polar surface area (TPSA) is 0 Å². The first-order chi connectivity index (χ1) is 16.5. The second-order valence-corrected chi connectivity index (χ2v) is 11.2. The molecule has 0 nitrogen and oxygen atoms in total. The molecule has 2 fully saturated rings. The van der Waals surface area contributed by atoms with Crippen LogP contribution in [-0.2, 0) is 6.42 Å². The van der Waals surface area contributed by atoms with Gasteiger partial charge >= 0.3 is 0 Å². The summed E-state index contributed by atoms with van der Waals surface area (Å²) in [6.45, 7) is 4.36. The summed E-state index contributed by atoms with van der Waals surface area (Å²) in [7, 11) is 0. The standard InChI is InChI=1S/C31H43F3/c1-3-5-23-11-18-27(29(32)20-23)24-14-8-22(9-15-24)10-16-26-17-19-28(31(34)30(26)33)25-12-6-21(4-2)7-13-25/h11,17-19,21-22,24-25,29H,3-10,12-16,20H2,1-2H3. The average molecular weight is 473 g/mol. The molecule has 4 rings (SSSR count). The van der Waals surface area contributed by atoms with Crippen molar-refractivity contribution < 1.29 is 13.2 Å². The maximum Gasteiger partial charge on any atom is 0.162 e. The Hall–Kier alpha value is -1.51. The highest BCUT2D eigenvalue weighted by Crippen LogP contribution is 2.41. The Bertz CT molecular complexity index is 867. The van der Waals surface area contributed by atoms with Crippen LogP contribution in [0.2, 0.25) is 0 Å². The zero-order valence-corrected chi connectivity index (χ0v) is 21.2. The van der Waals surface area contributed by atoms with Gasteiger partial charge in [-0.3, -0.25) is 0 Å². The second-order valence-electron chi connectivity index (χ2n) is 11.2. The fourth-order valence-corrected chi connectivity index (χ4v) is 6.77. The van der Waals surface area contributed by atoms with Crippen LogP contribution in [0.15, 0.2) is 35.4 Å². The van der Waals surface area contributed by atoms with Crippen molar-refractivity contribution in [2.45, 2.75) is 116 Å². The molecular formula is C31H43F3. The number of hydrogen-bond donors (Lipinski definition) is 0. The Kier molecular flexibility index (Phi) is 8.99. The van der Waals surface area contributed by atoms with Crippen LogP contribution < -0.4 is 0 Å². The van der Waals surface area contributed by atoms with Gasteiger partial charge in [-0.25, -0.2) is 13.2 Å². The molecule has 34 heavy (non-hydrogen) atoms. The Morgan fingerprint density at radius 1 is 0.765 bits per heavy atom. The Labute approximate surface area is 205 Å². The van der Waals surface area contributed by atoms with Crippen molar-refractivity contribution in [2.75, 3.05) is 0 Å². The molecule has 0 bridgehead atoms. The van der Waals surface area contributed by atoms with Crippen LogP contribution in [0, 0.1) is 29.4 Å². The summed E-state index contributed by atoms with van der Waals surface area (Å²) in [6, 6.07) is 3.70. The first-order valence-electron chi connectivity index (χ1n) is 14.0. The lowest BCUT2D eigenvalue weighted by molar-refractivity contribution is 0.255. The summed E-state index contributed by atoms with van der Waals surface area (Å²) in [6.07, 6.45) is 17.1. The van der Waals surface area contributed by atoms with Gasteiger partial charge in [0.05, 0.1) is 0 Å². The predicted octanol–water partition coefficient (Wildman–Crippen LogP) is 9.78. The van der Waals surface area contributed by atoms with Gasteiger partial charge in [0.1, 0.15) is 6.17 Å². The summed E-state index contributed by atoms with van der Waals surface area (Å²) in [4.78, 5) is 0. The number of aryl methyl sites for hydroxylation is 1. The van der Waals surface area contributed by atoms with E-state index in [1.165, 1.54) is 12.0 Å². The molecule has 1 aromatic rings. The Morgan fingerprint density at radius 2 is 1.44 bits per heavy atom. The van der Waals surface area contributed by atoms with Gasteiger partial charge in [-0.1, -0.05) is 56.5 Å². The van der Waals surface area contributed by atoms with E-state index in [2.05, 4.69) is 26.0 Å². The lowest BCUT2D eigenvalue weighted by Crippen LogP contribution is -2.23. The van der Waals surface area contributed by atoms with Gasteiger partial charge in [0.15, 0.2) is 11.6 Å². The van der Waals surface area contributed by atoms with E-state index in [9.17, 15) is 13.2 Å². The number of rotatable bonds is 8. The highest BCUT2D eigenvalue weighted by Gasteiger charge is 2.30.